The summed E-state index contributed by atoms with van der Waals surface area (Å²) in [5.41, 5.74) is -0.427. The van der Waals surface area contributed by atoms with Crippen molar-refractivity contribution in [3.63, 3.8) is 0 Å². The predicted octanol–water partition coefficient (Wildman–Crippen LogP) is 1.02. The highest BCUT2D eigenvalue weighted by Gasteiger charge is 2.38. The van der Waals surface area contributed by atoms with Gasteiger partial charge in [-0.1, -0.05) is 19.1 Å². The third kappa shape index (κ3) is 3.34. The maximum Gasteiger partial charge on any atom is 0.326 e. The zero-order valence-electron chi connectivity index (χ0n) is 14.2. The van der Waals surface area contributed by atoms with E-state index in [4.69, 9.17) is 0 Å². The van der Waals surface area contributed by atoms with E-state index in [1.165, 1.54) is 6.07 Å². The van der Waals surface area contributed by atoms with Crippen LogP contribution in [0.25, 0.3) is 11.3 Å². The molecule has 1 saturated heterocycles. The van der Waals surface area contributed by atoms with E-state index in [2.05, 4.69) is 24.2 Å². The fraction of sp³-hybridized carbons (Fsp3) is 0.400. The van der Waals surface area contributed by atoms with Crippen molar-refractivity contribution in [1.82, 2.24) is 19.7 Å². The average molecular weight is 383 g/mol. The molecule has 140 valence electrons. The summed E-state index contributed by atoms with van der Waals surface area (Å²) in [4.78, 5) is 11.4. The van der Waals surface area contributed by atoms with E-state index in [1.807, 2.05) is 0 Å². The number of hydrogen-bond acceptors (Lipinski definition) is 6. The van der Waals surface area contributed by atoms with E-state index in [9.17, 15) is 22.7 Å². The minimum Gasteiger partial charge on any atom is -0.506 e. The first kappa shape index (κ1) is 18.1. The molecule has 2 N–H and O–H groups in total. The number of amides is 1. The number of nitrogens with zero attached hydrogens (tertiary/aromatic N) is 4. The normalized spacial score (nSPS) is 16.3. The number of carbonyl (C=O) groups excluding carboxylic acids is 1. The smallest absolute Gasteiger partial charge is 0.326 e. The number of aromatic hydroxyl groups is 1. The van der Waals surface area contributed by atoms with Crippen molar-refractivity contribution >= 4 is 21.8 Å². The summed E-state index contributed by atoms with van der Waals surface area (Å²) in [5.74, 6) is -1.95. The molecule has 9 nitrogen and oxygen atoms in total. The molecule has 1 aliphatic heterocycles. The third-order valence-electron chi connectivity index (χ3n) is 3.91. The topological polar surface area (TPSA) is 117 Å². The van der Waals surface area contributed by atoms with E-state index in [0.717, 1.165) is 12.5 Å². The lowest BCUT2D eigenvalue weighted by atomic mass is 10.1. The molecule has 0 saturated carbocycles. The molecule has 3 rings (SSSR count). The number of aryl methyl sites for hydroxylation is 1. The number of hydrogen-bond donors (Lipinski definition) is 2. The number of phenolic OH excluding ortho intramolecular Hbond substituents is 1. The molecule has 1 aromatic heterocycles. The molecular weight excluding hydrogens is 365 g/mol. The van der Waals surface area contributed by atoms with Crippen LogP contribution >= 0.6 is 0 Å². The van der Waals surface area contributed by atoms with Crippen molar-refractivity contribution in [3.05, 3.63) is 24.1 Å². The van der Waals surface area contributed by atoms with Gasteiger partial charge in [-0.05, 0) is 24.5 Å². The van der Waals surface area contributed by atoms with Crippen molar-refractivity contribution in [3.8, 4) is 17.0 Å². The summed E-state index contributed by atoms with van der Waals surface area (Å²) >= 11 is 0. The number of rotatable bonds is 5. The molecule has 26 heavy (non-hydrogen) atoms. The van der Waals surface area contributed by atoms with Crippen molar-refractivity contribution in [2.45, 2.75) is 26.8 Å². The van der Waals surface area contributed by atoms with Crippen LogP contribution in [0.1, 0.15) is 20.3 Å². The quantitative estimate of drug-likeness (QED) is 0.796. The van der Waals surface area contributed by atoms with E-state index in [1.54, 1.807) is 15.6 Å². The molecule has 0 bridgehead atoms. The van der Waals surface area contributed by atoms with Crippen LogP contribution in [0.3, 0.4) is 0 Å². The zero-order valence-corrected chi connectivity index (χ0v) is 15.0. The van der Waals surface area contributed by atoms with E-state index in [-0.39, 0.29) is 11.3 Å². The number of halogens is 1. The van der Waals surface area contributed by atoms with Crippen LogP contribution < -0.4 is 9.03 Å². The van der Waals surface area contributed by atoms with Gasteiger partial charge in [0.2, 0.25) is 0 Å². The Kier molecular flexibility index (Phi) is 4.57. The van der Waals surface area contributed by atoms with Crippen LogP contribution in [0.15, 0.2) is 18.3 Å². The Morgan fingerprint density at radius 3 is 2.73 bits per heavy atom. The first-order chi connectivity index (χ1) is 12.2. The molecule has 1 fully saturated rings. The first-order valence-corrected chi connectivity index (χ1v) is 9.38. The molecule has 11 heteroatoms. The third-order valence-corrected chi connectivity index (χ3v) is 5.29. The summed E-state index contributed by atoms with van der Waals surface area (Å²) < 4.78 is 42.7. The Morgan fingerprint density at radius 1 is 1.38 bits per heavy atom. The van der Waals surface area contributed by atoms with E-state index < -0.39 is 39.9 Å². The van der Waals surface area contributed by atoms with Crippen LogP contribution in [0.2, 0.25) is 0 Å². The van der Waals surface area contributed by atoms with E-state index in [0.29, 0.717) is 16.8 Å². The van der Waals surface area contributed by atoms with Gasteiger partial charge in [0.25, 0.3) is 5.91 Å². The number of anilines is 1. The van der Waals surface area contributed by atoms with Gasteiger partial charge in [0.1, 0.15) is 23.7 Å². The van der Waals surface area contributed by atoms with Crippen molar-refractivity contribution in [2.75, 3.05) is 10.8 Å². The van der Waals surface area contributed by atoms with Crippen LogP contribution in [-0.2, 0) is 21.5 Å². The number of nitrogens with one attached hydrogen (secondary N) is 1. The van der Waals surface area contributed by atoms with Crippen molar-refractivity contribution < 1.29 is 22.7 Å². The molecular formula is C15H18FN5O4S. The highest BCUT2D eigenvalue weighted by molar-refractivity contribution is 7.92. The Hall–Kier alpha value is -2.69. The second-order valence-corrected chi connectivity index (χ2v) is 7.98. The maximum atomic E-state index is 15.0. The van der Waals surface area contributed by atoms with Gasteiger partial charge in [0.05, 0.1) is 6.20 Å². The summed E-state index contributed by atoms with van der Waals surface area (Å²) in [6.07, 6.45) is 2.41. The van der Waals surface area contributed by atoms with Gasteiger partial charge in [-0.3, -0.25) is 9.48 Å². The molecule has 2 aromatic rings. The van der Waals surface area contributed by atoms with Gasteiger partial charge < -0.3 is 5.11 Å². The zero-order chi connectivity index (χ0) is 19.1. The Labute approximate surface area is 149 Å². The summed E-state index contributed by atoms with van der Waals surface area (Å²) in [7, 11) is -4.25. The lowest BCUT2D eigenvalue weighted by molar-refractivity contribution is -0.117. The fourth-order valence-electron chi connectivity index (χ4n) is 2.56. The van der Waals surface area contributed by atoms with Gasteiger partial charge in [-0.25, -0.2) is 13.4 Å². The molecule has 0 radical (unpaired) electrons. The van der Waals surface area contributed by atoms with Crippen molar-refractivity contribution in [2.24, 2.45) is 5.92 Å². The van der Waals surface area contributed by atoms with Gasteiger partial charge in [-0.15, -0.1) is 5.10 Å². The highest BCUT2D eigenvalue weighted by atomic mass is 32.2. The van der Waals surface area contributed by atoms with E-state index >= 15 is 0 Å². The van der Waals surface area contributed by atoms with Crippen LogP contribution in [-0.4, -0.2) is 41.0 Å². The minimum absolute atomic E-state index is 0.0249. The fourth-order valence-corrected chi connectivity index (χ4v) is 3.72. The Bertz CT molecular complexity index is 957. The maximum absolute atomic E-state index is 15.0. The standard InChI is InChI=1S/C15H18FN5O4S/c1-9(2)5-6-20-7-11(17-19-20)10-3-4-12(22)15(14(10)16)21-8-13(23)18-26(21,24)25/h3-4,7,9,22H,5-6,8H2,1-2H3,(H,18,23). The number of benzene rings is 1. The Morgan fingerprint density at radius 2 is 2.12 bits per heavy atom. The minimum atomic E-state index is -4.25. The molecule has 0 spiro atoms. The molecule has 1 aromatic carbocycles. The van der Waals surface area contributed by atoms with Gasteiger partial charge in [-0.2, -0.15) is 8.42 Å². The molecule has 0 unspecified atom stereocenters. The van der Waals surface area contributed by atoms with Crippen LogP contribution in [0, 0.1) is 11.7 Å². The van der Waals surface area contributed by atoms with Gasteiger partial charge in [0, 0.05) is 12.1 Å². The molecule has 0 atom stereocenters. The number of aromatic nitrogens is 3. The lowest BCUT2D eigenvalue weighted by Crippen LogP contribution is -2.30. The summed E-state index contributed by atoms with van der Waals surface area (Å²) in [6, 6.07) is 2.43. The number of carbonyl (C=O) groups is 1. The van der Waals surface area contributed by atoms with Crippen molar-refractivity contribution in [1.29, 1.82) is 0 Å². The second kappa shape index (κ2) is 6.56. The molecule has 1 aliphatic rings. The predicted molar refractivity (Wildman–Crippen MR) is 90.9 cm³/mol. The molecule has 1 amide bonds. The van der Waals surface area contributed by atoms with Gasteiger partial charge in [0.15, 0.2) is 5.82 Å². The second-order valence-electron chi connectivity index (χ2n) is 6.38. The Balaban J connectivity index is 2.00. The van der Waals surface area contributed by atoms with Gasteiger partial charge >= 0.3 is 10.2 Å². The summed E-state index contributed by atoms with van der Waals surface area (Å²) in [5, 5.41) is 17.8. The average Bonchev–Trinajstić information content (AvgIpc) is 3.09. The first-order valence-electron chi connectivity index (χ1n) is 7.94. The molecule has 0 aliphatic carbocycles. The highest BCUT2D eigenvalue weighted by Crippen LogP contribution is 2.38. The van der Waals surface area contributed by atoms with Crippen LogP contribution in [0.5, 0.6) is 5.75 Å². The summed E-state index contributed by atoms with van der Waals surface area (Å²) in [6.45, 7) is 4.12. The largest absolute Gasteiger partial charge is 0.506 e. The SMILES string of the molecule is CC(C)CCn1cc(-c2ccc(O)c(N3CC(=O)NS3(=O)=O)c2F)nn1. The van der Waals surface area contributed by atoms with Crippen LogP contribution in [0.4, 0.5) is 10.1 Å². The molecule has 2 heterocycles. The monoisotopic (exact) mass is 383 g/mol. The number of phenols is 1. The lowest BCUT2D eigenvalue weighted by Gasteiger charge is -2.18.